The predicted octanol–water partition coefficient (Wildman–Crippen LogP) is 2.79. The van der Waals surface area contributed by atoms with Gasteiger partial charge in [0.25, 0.3) is 0 Å². The number of carbonyl (C=O) groups excluding carboxylic acids is 1. The Labute approximate surface area is 167 Å². The minimum atomic E-state index is -0.293. The highest BCUT2D eigenvalue weighted by Crippen LogP contribution is 2.27. The Bertz CT molecular complexity index is 686. The van der Waals surface area contributed by atoms with Crippen LogP contribution in [0, 0.1) is 11.7 Å². The molecular formula is C22H32FN3O2. The molecule has 1 aliphatic carbocycles. The van der Waals surface area contributed by atoms with E-state index in [4.69, 9.17) is 4.74 Å². The van der Waals surface area contributed by atoms with Gasteiger partial charge < -0.3 is 10.1 Å². The van der Waals surface area contributed by atoms with Crippen molar-refractivity contribution in [3.05, 3.63) is 29.6 Å². The number of methoxy groups -OCH3 is 1. The Balaban J connectivity index is 1.25. The van der Waals surface area contributed by atoms with E-state index in [9.17, 15) is 9.18 Å². The Morgan fingerprint density at radius 3 is 2.64 bits per heavy atom. The predicted molar refractivity (Wildman–Crippen MR) is 107 cm³/mol. The van der Waals surface area contributed by atoms with Gasteiger partial charge in [-0.25, -0.2) is 4.39 Å². The van der Waals surface area contributed by atoms with Gasteiger partial charge in [0.1, 0.15) is 0 Å². The van der Waals surface area contributed by atoms with E-state index < -0.39 is 0 Å². The minimum Gasteiger partial charge on any atom is -0.494 e. The van der Waals surface area contributed by atoms with E-state index in [-0.39, 0.29) is 17.6 Å². The van der Waals surface area contributed by atoms with E-state index in [0.717, 1.165) is 76.8 Å². The molecule has 0 aromatic heterocycles. The first-order valence-corrected chi connectivity index (χ1v) is 10.7. The highest BCUT2D eigenvalue weighted by Gasteiger charge is 2.33. The van der Waals surface area contributed by atoms with Crippen LogP contribution in [0.1, 0.15) is 44.1 Å². The fourth-order valence-corrected chi connectivity index (χ4v) is 4.61. The molecule has 4 rings (SSSR count). The summed E-state index contributed by atoms with van der Waals surface area (Å²) in [5, 5.41) is 3.18. The molecule has 1 aromatic rings. The average Bonchev–Trinajstić information content (AvgIpc) is 3.53. The highest BCUT2D eigenvalue weighted by molar-refractivity contribution is 5.79. The van der Waals surface area contributed by atoms with Crippen LogP contribution in [0.15, 0.2) is 18.2 Å². The number of hydrogen-bond acceptors (Lipinski definition) is 4. The summed E-state index contributed by atoms with van der Waals surface area (Å²) in [6.07, 6.45) is 6.69. The van der Waals surface area contributed by atoms with Crippen molar-refractivity contribution >= 4 is 5.91 Å². The third-order valence-corrected chi connectivity index (χ3v) is 6.44. The molecule has 1 saturated carbocycles. The number of benzene rings is 1. The summed E-state index contributed by atoms with van der Waals surface area (Å²) in [7, 11) is 1.49. The van der Waals surface area contributed by atoms with Gasteiger partial charge in [-0.15, -0.1) is 0 Å². The molecule has 5 nitrogen and oxygen atoms in total. The third kappa shape index (κ3) is 4.84. The average molecular weight is 390 g/mol. The second-order valence-electron chi connectivity index (χ2n) is 8.59. The zero-order valence-electron chi connectivity index (χ0n) is 16.8. The Kier molecular flexibility index (Phi) is 6.16. The smallest absolute Gasteiger partial charge is 0.224 e. The quantitative estimate of drug-likeness (QED) is 0.813. The molecule has 0 bridgehead atoms. The molecule has 3 fully saturated rings. The van der Waals surface area contributed by atoms with Crippen LogP contribution in [0.4, 0.5) is 4.39 Å². The van der Waals surface area contributed by atoms with Gasteiger partial charge in [0.2, 0.25) is 5.91 Å². The van der Waals surface area contributed by atoms with Crippen molar-refractivity contribution in [2.75, 3.05) is 33.3 Å². The number of halogens is 1. The van der Waals surface area contributed by atoms with Crippen molar-refractivity contribution in [1.29, 1.82) is 0 Å². The molecule has 1 atom stereocenters. The van der Waals surface area contributed by atoms with Gasteiger partial charge >= 0.3 is 0 Å². The number of carbonyl (C=O) groups is 1. The number of nitrogens with one attached hydrogen (secondary N) is 1. The van der Waals surface area contributed by atoms with Crippen molar-refractivity contribution in [3.8, 4) is 5.75 Å². The fraction of sp³-hybridized carbons (Fsp3) is 0.682. The van der Waals surface area contributed by atoms with Crippen molar-refractivity contribution in [2.24, 2.45) is 5.92 Å². The number of piperidine rings is 2. The first kappa shape index (κ1) is 19.6. The van der Waals surface area contributed by atoms with Crippen LogP contribution in [-0.2, 0) is 11.3 Å². The fourth-order valence-electron chi connectivity index (χ4n) is 4.61. The van der Waals surface area contributed by atoms with Gasteiger partial charge in [0.15, 0.2) is 11.6 Å². The molecule has 2 aliphatic heterocycles. The monoisotopic (exact) mass is 389 g/mol. The van der Waals surface area contributed by atoms with Gasteiger partial charge in [-0.05, 0) is 75.9 Å². The molecule has 2 saturated heterocycles. The van der Waals surface area contributed by atoms with E-state index in [0.29, 0.717) is 17.8 Å². The molecule has 154 valence electrons. The molecule has 6 heteroatoms. The lowest BCUT2D eigenvalue weighted by molar-refractivity contribution is -0.127. The zero-order chi connectivity index (χ0) is 19.5. The summed E-state index contributed by atoms with van der Waals surface area (Å²) >= 11 is 0. The molecule has 3 aliphatic rings. The van der Waals surface area contributed by atoms with Gasteiger partial charge in [0, 0.05) is 25.2 Å². The number of amides is 1. The number of rotatable bonds is 6. The summed E-state index contributed by atoms with van der Waals surface area (Å²) < 4.78 is 18.9. The number of nitrogens with zero attached hydrogens (tertiary/aromatic N) is 2. The Morgan fingerprint density at radius 2 is 1.96 bits per heavy atom. The molecule has 1 amide bonds. The summed E-state index contributed by atoms with van der Waals surface area (Å²) in [4.78, 5) is 17.4. The maximum atomic E-state index is 13.9. The van der Waals surface area contributed by atoms with E-state index in [1.807, 2.05) is 6.07 Å². The van der Waals surface area contributed by atoms with Crippen molar-refractivity contribution in [1.82, 2.24) is 15.1 Å². The van der Waals surface area contributed by atoms with E-state index >= 15 is 0 Å². The number of hydrogen-bond donors (Lipinski definition) is 1. The Morgan fingerprint density at radius 1 is 1.18 bits per heavy atom. The maximum absolute atomic E-state index is 13.9. The minimum absolute atomic E-state index is 0.162. The van der Waals surface area contributed by atoms with E-state index in [1.165, 1.54) is 7.11 Å². The topological polar surface area (TPSA) is 44.8 Å². The molecular weight excluding hydrogens is 357 g/mol. The lowest BCUT2D eigenvalue weighted by atomic mass is 9.93. The first-order valence-electron chi connectivity index (χ1n) is 10.7. The summed E-state index contributed by atoms with van der Waals surface area (Å²) in [5.41, 5.74) is 0.992. The van der Waals surface area contributed by atoms with Gasteiger partial charge in [-0.2, -0.15) is 0 Å². The normalized spacial score (nSPS) is 24.9. The SMILES string of the molecule is COc1ccc(CN2CCC(N3CCC[C@@H](C(=O)NC4CC4)C3)CC2)cc1F. The van der Waals surface area contributed by atoms with Crippen LogP contribution in [0.3, 0.4) is 0 Å². The van der Waals surface area contributed by atoms with Gasteiger partial charge in [-0.3, -0.25) is 14.6 Å². The van der Waals surface area contributed by atoms with Gasteiger partial charge in [0.05, 0.1) is 13.0 Å². The molecule has 28 heavy (non-hydrogen) atoms. The van der Waals surface area contributed by atoms with E-state index in [2.05, 4.69) is 15.1 Å². The highest BCUT2D eigenvalue weighted by atomic mass is 19.1. The molecule has 0 unspecified atom stereocenters. The lowest BCUT2D eigenvalue weighted by Gasteiger charge is -2.42. The first-order chi connectivity index (χ1) is 13.6. The summed E-state index contributed by atoms with van der Waals surface area (Å²) in [6.45, 7) is 4.84. The van der Waals surface area contributed by atoms with Gasteiger partial charge in [-0.1, -0.05) is 6.07 Å². The molecule has 1 N–H and O–H groups in total. The molecule has 2 heterocycles. The zero-order valence-corrected chi connectivity index (χ0v) is 16.8. The summed E-state index contributed by atoms with van der Waals surface area (Å²) in [6, 6.07) is 6.26. The van der Waals surface area contributed by atoms with Crippen molar-refractivity contribution in [3.63, 3.8) is 0 Å². The molecule has 1 aromatic carbocycles. The number of ether oxygens (including phenoxy) is 1. The Hall–Kier alpha value is -1.66. The molecule has 0 spiro atoms. The van der Waals surface area contributed by atoms with Crippen molar-refractivity contribution in [2.45, 2.75) is 57.2 Å². The van der Waals surface area contributed by atoms with E-state index in [1.54, 1.807) is 12.1 Å². The van der Waals surface area contributed by atoms with Crippen LogP contribution in [-0.4, -0.2) is 61.1 Å². The van der Waals surface area contributed by atoms with Crippen LogP contribution in [0.2, 0.25) is 0 Å². The second-order valence-corrected chi connectivity index (χ2v) is 8.59. The number of likely N-dealkylation sites (tertiary alicyclic amines) is 2. The van der Waals surface area contributed by atoms with Crippen LogP contribution in [0.5, 0.6) is 5.75 Å². The van der Waals surface area contributed by atoms with Crippen molar-refractivity contribution < 1.29 is 13.9 Å². The lowest BCUT2D eigenvalue weighted by Crippen LogP contribution is -2.50. The maximum Gasteiger partial charge on any atom is 0.224 e. The second kappa shape index (κ2) is 8.78. The standard InChI is InChI=1S/C22H32FN3O2/c1-28-21-7-4-16(13-20(21)23)14-25-11-8-19(9-12-25)26-10-2-3-17(15-26)22(27)24-18-5-6-18/h4,7,13,17-19H,2-3,5-6,8-12,14-15H2,1H3,(H,24,27)/t17-/m1/s1. The van der Waals surface area contributed by atoms with Crippen LogP contribution < -0.4 is 10.1 Å². The largest absolute Gasteiger partial charge is 0.494 e. The van der Waals surface area contributed by atoms with Crippen LogP contribution >= 0.6 is 0 Å². The van der Waals surface area contributed by atoms with Crippen LogP contribution in [0.25, 0.3) is 0 Å². The summed E-state index contributed by atoms with van der Waals surface area (Å²) in [5.74, 6) is 0.437. The third-order valence-electron chi connectivity index (χ3n) is 6.44. The molecule has 0 radical (unpaired) electrons.